The van der Waals surface area contributed by atoms with Crippen LogP contribution in [0.4, 0.5) is 0 Å². The van der Waals surface area contributed by atoms with Crippen molar-refractivity contribution in [2.45, 2.75) is 4.90 Å². The summed E-state index contributed by atoms with van der Waals surface area (Å²) in [6.45, 7) is 0. The van der Waals surface area contributed by atoms with E-state index in [4.69, 9.17) is 27.5 Å². The molecule has 0 N–H and O–H groups in total. The summed E-state index contributed by atoms with van der Waals surface area (Å²) in [5.74, 6) is 0. The van der Waals surface area contributed by atoms with Crippen LogP contribution in [0.2, 0.25) is 5.02 Å². The van der Waals surface area contributed by atoms with Crippen LogP contribution >= 0.6 is 38.2 Å². The molecule has 0 heterocycles. The van der Waals surface area contributed by atoms with E-state index in [-0.39, 0.29) is 20.0 Å². The zero-order valence-corrected chi connectivity index (χ0v) is 10.4. The summed E-state index contributed by atoms with van der Waals surface area (Å²) >= 11 is 8.68. The van der Waals surface area contributed by atoms with Gasteiger partial charge in [0.2, 0.25) is 0 Å². The van der Waals surface area contributed by atoms with Gasteiger partial charge in [-0.1, -0.05) is 11.6 Å². The molecule has 3 nitrogen and oxygen atoms in total. The summed E-state index contributed by atoms with van der Waals surface area (Å²) in [6, 6.07) is 4.25. The van der Waals surface area contributed by atoms with E-state index in [0.29, 0.717) is 0 Å². The van der Waals surface area contributed by atoms with E-state index in [1.54, 1.807) is 6.07 Å². The highest BCUT2D eigenvalue weighted by molar-refractivity contribution is 9.10. The molecular formula is C7H2BrCl2NO2S. The Morgan fingerprint density at radius 1 is 1.43 bits per heavy atom. The third-order valence-corrected chi connectivity index (χ3v) is 4.16. The molecule has 0 radical (unpaired) electrons. The van der Waals surface area contributed by atoms with Crippen LogP contribution in [0, 0.1) is 11.3 Å². The molecule has 7 heteroatoms. The van der Waals surface area contributed by atoms with Gasteiger partial charge >= 0.3 is 0 Å². The zero-order chi connectivity index (χ0) is 10.9. The van der Waals surface area contributed by atoms with Crippen LogP contribution in [-0.2, 0) is 9.05 Å². The van der Waals surface area contributed by atoms with Gasteiger partial charge in [0.25, 0.3) is 9.05 Å². The van der Waals surface area contributed by atoms with Gasteiger partial charge in [0.15, 0.2) is 0 Å². The second-order valence-corrected chi connectivity index (χ2v) is 6.02. The molecule has 1 aromatic carbocycles. The molecule has 0 aliphatic carbocycles. The number of nitriles is 1. The molecule has 0 aliphatic rings. The molecule has 74 valence electrons. The fourth-order valence-corrected chi connectivity index (χ4v) is 2.57. The van der Waals surface area contributed by atoms with Gasteiger partial charge in [0, 0.05) is 10.7 Å². The average Bonchev–Trinajstić information content (AvgIpc) is 2.07. The smallest absolute Gasteiger partial charge is 0.207 e. The summed E-state index contributed by atoms with van der Waals surface area (Å²) in [7, 11) is 1.20. The molecular weight excluding hydrogens is 313 g/mol. The molecule has 0 saturated heterocycles. The van der Waals surface area contributed by atoms with Crippen molar-refractivity contribution in [1.82, 2.24) is 0 Å². The summed E-state index contributed by atoms with van der Waals surface area (Å²) in [6.07, 6.45) is 0. The summed E-state index contributed by atoms with van der Waals surface area (Å²) in [5, 5.41) is 8.98. The molecule has 0 fully saturated rings. The number of hydrogen-bond acceptors (Lipinski definition) is 3. The highest BCUT2D eigenvalue weighted by Crippen LogP contribution is 2.31. The second kappa shape index (κ2) is 4.07. The maximum absolute atomic E-state index is 11.0. The van der Waals surface area contributed by atoms with Gasteiger partial charge < -0.3 is 0 Å². The number of hydrogen-bond donors (Lipinski definition) is 0. The van der Waals surface area contributed by atoms with Crippen molar-refractivity contribution in [3.63, 3.8) is 0 Å². The lowest BCUT2D eigenvalue weighted by molar-refractivity contribution is 0.609. The summed E-state index contributed by atoms with van der Waals surface area (Å²) < 4.78 is 22.3. The standard InChI is InChI=1S/C7H2BrCl2NO2S/c8-7-4(3-11)6(14(10,12)13)2-1-5(7)9/h1-2H. The number of benzene rings is 1. The molecule has 1 aromatic rings. The fourth-order valence-electron chi connectivity index (χ4n) is 0.840. The number of rotatable bonds is 1. The Hall–Kier alpha value is -0.280. The first-order valence-electron chi connectivity index (χ1n) is 3.20. The molecule has 0 aliphatic heterocycles. The van der Waals surface area contributed by atoms with Crippen LogP contribution in [0.5, 0.6) is 0 Å². The summed E-state index contributed by atoms with van der Waals surface area (Å²) in [4.78, 5) is -0.252. The lowest BCUT2D eigenvalue weighted by Gasteiger charge is -2.02. The highest BCUT2D eigenvalue weighted by atomic mass is 79.9. The van der Waals surface area contributed by atoms with Crippen LogP contribution in [0.1, 0.15) is 5.56 Å². The first-order chi connectivity index (χ1) is 6.38. The van der Waals surface area contributed by atoms with Crippen molar-refractivity contribution in [1.29, 1.82) is 5.26 Å². The average molecular weight is 315 g/mol. The first-order valence-corrected chi connectivity index (χ1v) is 6.68. The largest absolute Gasteiger partial charge is 0.262 e. The third-order valence-electron chi connectivity index (χ3n) is 1.43. The van der Waals surface area contributed by atoms with Gasteiger partial charge in [0.05, 0.1) is 15.1 Å². The molecule has 0 amide bonds. The number of halogens is 3. The van der Waals surface area contributed by atoms with Crippen LogP contribution in [0.15, 0.2) is 21.5 Å². The maximum atomic E-state index is 11.0. The molecule has 0 atom stereocenters. The Balaban J connectivity index is 3.66. The molecule has 14 heavy (non-hydrogen) atoms. The topological polar surface area (TPSA) is 57.9 Å². The van der Waals surface area contributed by atoms with Crippen LogP contribution < -0.4 is 0 Å². The van der Waals surface area contributed by atoms with E-state index in [2.05, 4.69) is 15.9 Å². The predicted octanol–water partition coefficient (Wildman–Crippen LogP) is 2.90. The lowest BCUT2D eigenvalue weighted by Crippen LogP contribution is -1.96. The predicted molar refractivity (Wildman–Crippen MR) is 56.9 cm³/mol. The zero-order valence-electron chi connectivity index (χ0n) is 6.46. The van der Waals surface area contributed by atoms with Crippen molar-refractivity contribution in [2.75, 3.05) is 0 Å². The molecule has 0 saturated carbocycles. The van der Waals surface area contributed by atoms with Crippen molar-refractivity contribution in [3.8, 4) is 6.07 Å². The fraction of sp³-hybridized carbons (Fsp3) is 0. The van der Waals surface area contributed by atoms with Gasteiger partial charge in [-0.05, 0) is 28.1 Å². The van der Waals surface area contributed by atoms with Crippen molar-refractivity contribution < 1.29 is 8.42 Å². The van der Waals surface area contributed by atoms with Gasteiger partial charge in [-0.25, -0.2) is 8.42 Å². The van der Waals surface area contributed by atoms with E-state index < -0.39 is 9.05 Å². The highest BCUT2D eigenvalue weighted by Gasteiger charge is 2.19. The van der Waals surface area contributed by atoms with E-state index in [1.807, 2.05) is 0 Å². The third kappa shape index (κ3) is 2.20. The molecule has 0 aromatic heterocycles. The van der Waals surface area contributed by atoms with Crippen molar-refractivity contribution in [2.24, 2.45) is 0 Å². The Kier molecular flexibility index (Phi) is 3.43. The second-order valence-electron chi connectivity index (χ2n) is 2.28. The Morgan fingerprint density at radius 2 is 2.00 bits per heavy atom. The van der Waals surface area contributed by atoms with Gasteiger partial charge in [-0.2, -0.15) is 5.26 Å². The molecule has 0 spiro atoms. The minimum atomic E-state index is -3.92. The van der Waals surface area contributed by atoms with E-state index >= 15 is 0 Å². The van der Waals surface area contributed by atoms with E-state index in [1.165, 1.54) is 12.1 Å². The lowest BCUT2D eigenvalue weighted by atomic mass is 10.2. The minimum Gasteiger partial charge on any atom is -0.207 e. The Morgan fingerprint density at radius 3 is 2.43 bits per heavy atom. The monoisotopic (exact) mass is 313 g/mol. The molecule has 1 rings (SSSR count). The van der Waals surface area contributed by atoms with Gasteiger partial charge in [-0.3, -0.25) is 0 Å². The van der Waals surface area contributed by atoms with Crippen LogP contribution in [0.3, 0.4) is 0 Å². The van der Waals surface area contributed by atoms with Crippen molar-refractivity contribution >= 4 is 47.3 Å². The minimum absolute atomic E-state index is 0.0903. The van der Waals surface area contributed by atoms with Crippen molar-refractivity contribution in [3.05, 3.63) is 27.2 Å². The van der Waals surface area contributed by atoms with Crippen LogP contribution in [0.25, 0.3) is 0 Å². The normalized spacial score (nSPS) is 11.0. The summed E-state index contributed by atoms with van der Waals surface area (Å²) in [5.41, 5.74) is -0.0903. The maximum Gasteiger partial charge on any atom is 0.262 e. The number of nitrogens with zero attached hydrogens (tertiary/aromatic N) is 1. The Labute approximate surface area is 98.8 Å². The Bertz CT molecular complexity index is 521. The van der Waals surface area contributed by atoms with E-state index in [9.17, 15) is 8.42 Å². The van der Waals surface area contributed by atoms with E-state index in [0.717, 1.165) is 0 Å². The SMILES string of the molecule is N#Cc1c(S(=O)(=O)Cl)ccc(Cl)c1Br. The molecule has 0 bridgehead atoms. The van der Waals surface area contributed by atoms with Crippen LogP contribution in [-0.4, -0.2) is 8.42 Å². The first kappa shape index (κ1) is 11.8. The van der Waals surface area contributed by atoms with Gasteiger partial charge in [-0.15, -0.1) is 0 Å². The van der Waals surface area contributed by atoms with Gasteiger partial charge in [0.1, 0.15) is 11.0 Å². The quantitative estimate of drug-likeness (QED) is 0.749. The molecule has 0 unspecified atom stereocenters.